The minimum atomic E-state index is -0.469. The van der Waals surface area contributed by atoms with E-state index in [9.17, 15) is 9.59 Å². The lowest BCUT2D eigenvalue weighted by atomic mass is 9.91. The number of benzene rings is 6. The summed E-state index contributed by atoms with van der Waals surface area (Å²) in [6, 6.07) is 46.6. The van der Waals surface area contributed by atoms with E-state index in [2.05, 4.69) is 139 Å². The van der Waals surface area contributed by atoms with Crippen molar-refractivity contribution in [3.8, 4) is 22.6 Å². The van der Waals surface area contributed by atoms with Crippen molar-refractivity contribution in [1.82, 2.24) is 0 Å². The van der Waals surface area contributed by atoms with E-state index in [0.29, 0.717) is 11.5 Å². The molecule has 0 heterocycles. The molecule has 6 heteroatoms. The van der Waals surface area contributed by atoms with Crippen molar-refractivity contribution in [1.29, 1.82) is 0 Å². The lowest BCUT2D eigenvalue weighted by molar-refractivity contribution is -0.132. The molecule has 57 heavy (non-hydrogen) atoms. The second-order valence-electron chi connectivity index (χ2n) is 14.6. The lowest BCUT2D eigenvalue weighted by Gasteiger charge is -2.34. The maximum absolute atomic E-state index is 11.9. The zero-order valence-electron chi connectivity index (χ0n) is 32.5. The summed E-state index contributed by atoms with van der Waals surface area (Å²) < 4.78 is 10.8. The molecule has 0 unspecified atom stereocenters. The second-order valence-corrected chi connectivity index (χ2v) is 14.6. The van der Waals surface area contributed by atoms with Crippen molar-refractivity contribution in [2.45, 2.75) is 46.5 Å². The van der Waals surface area contributed by atoms with Crippen molar-refractivity contribution < 1.29 is 19.1 Å². The highest BCUT2D eigenvalue weighted by Crippen LogP contribution is 2.40. The first kappa shape index (κ1) is 37.0. The summed E-state index contributed by atoms with van der Waals surface area (Å²) in [7, 11) is 0. The Morgan fingerprint density at radius 2 is 0.930 bits per heavy atom. The van der Waals surface area contributed by atoms with E-state index in [-0.39, 0.29) is 5.97 Å². The van der Waals surface area contributed by atoms with Gasteiger partial charge >= 0.3 is 11.9 Å². The predicted octanol–water partition coefficient (Wildman–Crippen LogP) is 12.2. The minimum absolute atomic E-state index is 0.325. The molecule has 0 radical (unpaired) electrons. The molecule has 0 bridgehead atoms. The predicted molar refractivity (Wildman–Crippen MR) is 231 cm³/mol. The van der Waals surface area contributed by atoms with E-state index < -0.39 is 5.97 Å². The van der Waals surface area contributed by atoms with E-state index in [1.54, 1.807) is 0 Å². The third kappa shape index (κ3) is 8.21. The maximum atomic E-state index is 11.9. The highest BCUT2D eigenvalue weighted by Gasteiger charge is 2.24. The van der Waals surface area contributed by atoms with Crippen LogP contribution in [0.1, 0.15) is 53.1 Å². The molecule has 6 nitrogen and oxygen atoms in total. The number of fused-ring (bicyclic) bond motifs is 2. The number of hydrogen-bond acceptors (Lipinski definition) is 6. The number of aryl methyl sites for hydroxylation is 4. The van der Waals surface area contributed by atoms with E-state index in [0.717, 1.165) is 81.8 Å². The van der Waals surface area contributed by atoms with E-state index in [1.165, 1.54) is 35.5 Å². The monoisotopic (exact) mass is 748 g/mol. The van der Waals surface area contributed by atoms with Gasteiger partial charge in [-0.25, -0.2) is 4.79 Å². The van der Waals surface area contributed by atoms with E-state index in [4.69, 9.17) is 9.47 Å². The molecule has 0 saturated heterocycles. The van der Waals surface area contributed by atoms with Gasteiger partial charge < -0.3 is 19.3 Å². The van der Waals surface area contributed by atoms with Crippen LogP contribution in [0.4, 0.5) is 22.7 Å². The standard InChI is InChI=1S/C51H44N2O4/c1-5-51(55)57-50-29-17-40-31-48(27-15-42(40)33-50)53(47-26-14-41-32-49(56-36(4)54)28-16-39(41)30-47)46-24-12-38(13-25-46)37-10-22-45(23-11-37)52(43-18-6-34(2)7-19-43)44-20-8-35(3)9-21-44/h5-13,16-25,28-33H,1,14-15,26-27H2,2-4H3. The average Bonchev–Trinajstić information content (AvgIpc) is 3.23. The van der Waals surface area contributed by atoms with Crippen molar-refractivity contribution in [3.05, 3.63) is 191 Å². The van der Waals surface area contributed by atoms with Crippen LogP contribution in [0.25, 0.3) is 23.3 Å². The number of anilines is 4. The van der Waals surface area contributed by atoms with Crippen LogP contribution < -0.4 is 19.3 Å². The molecule has 0 aliphatic heterocycles. The fourth-order valence-electron chi connectivity index (χ4n) is 7.67. The Kier molecular flexibility index (Phi) is 10.4. The number of carbonyl (C=O) groups excluding carboxylic acids is 2. The number of ether oxygens (including phenoxy) is 2. The zero-order chi connectivity index (χ0) is 39.5. The Balaban J connectivity index is 1.12. The van der Waals surface area contributed by atoms with Crippen LogP contribution in [0.15, 0.2) is 158 Å². The SMILES string of the molecule is C=CC(=O)Oc1ccc2c(c1)CCC(N(C1=Cc3ccc(OC(C)=O)cc3CC1)c1ccc(-c3ccc(N(c4ccc(C)cc4)c4ccc(C)cc4)cc3)cc1)=C2. The summed E-state index contributed by atoms with van der Waals surface area (Å²) >= 11 is 0. The number of allylic oxidation sites excluding steroid dienone is 2. The molecule has 0 amide bonds. The third-order valence-electron chi connectivity index (χ3n) is 10.6. The van der Waals surface area contributed by atoms with Gasteiger partial charge in [0.1, 0.15) is 11.5 Å². The molecule has 2 aliphatic rings. The molecule has 0 aromatic heterocycles. The second kappa shape index (κ2) is 16.0. The van der Waals surface area contributed by atoms with Crippen LogP contribution in [0.5, 0.6) is 11.5 Å². The highest BCUT2D eigenvalue weighted by atomic mass is 16.5. The Morgan fingerprint density at radius 3 is 1.35 bits per heavy atom. The fourth-order valence-corrected chi connectivity index (χ4v) is 7.67. The maximum Gasteiger partial charge on any atom is 0.335 e. The van der Waals surface area contributed by atoms with Crippen LogP contribution in [-0.4, -0.2) is 11.9 Å². The number of carbonyl (C=O) groups is 2. The Morgan fingerprint density at radius 1 is 0.526 bits per heavy atom. The molecule has 2 aliphatic carbocycles. The molecule has 0 atom stereocenters. The van der Waals surface area contributed by atoms with Crippen molar-refractivity contribution in [2.24, 2.45) is 0 Å². The van der Waals surface area contributed by atoms with Gasteiger partial charge in [-0.15, -0.1) is 0 Å². The van der Waals surface area contributed by atoms with E-state index in [1.807, 2.05) is 36.4 Å². The van der Waals surface area contributed by atoms with Crippen LogP contribution >= 0.6 is 0 Å². The zero-order valence-corrected chi connectivity index (χ0v) is 32.5. The molecule has 6 aromatic rings. The summed E-state index contributed by atoms with van der Waals surface area (Å²) in [4.78, 5) is 28.2. The van der Waals surface area contributed by atoms with Crippen LogP contribution in [-0.2, 0) is 22.4 Å². The fraction of sp³-hybridized carbons (Fsp3) is 0.137. The molecule has 282 valence electrons. The molecule has 6 aromatic carbocycles. The summed E-state index contributed by atoms with van der Waals surface area (Å²) in [5, 5.41) is 0. The van der Waals surface area contributed by atoms with Crippen LogP contribution in [0.2, 0.25) is 0 Å². The van der Waals surface area contributed by atoms with Gasteiger partial charge in [0.2, 0.25) is 0 Å². The normalized spacial score (nSPS) is 13.0. The number of hydrogen-bond donors (Lipinski definition) is 0. The molecular formula is C51H44N2O4. The number of rotatable bonds is 10. The summed E-state index contributed by atoms with van der Waals surface area (Å²) in [6.07, 6.45) is 8.93. The van der Waals surface area contributed by atoms with Crippen molar-refractivity contribution >= 4 is 46.8 Å². The van der Waals surface area contributed by atoms with Crippen molar-refractivity contribution in [3.63, 3.8) is 0 Å². The smallest absolute Gasteiger partial charge is 0.335 e. The van der Waals surface area contributed by atoms with Gasteiger partial charge in [-0.3, -0.25) is 4.79 Å². The Hall–Kier alpha value is -6.92. The first-order valence-corrected chi connectivity index (χ1v) is 19.3. The molecule has 0 saturated carbocycles. The summed E-state index contributed by atoms with van der Waals surface area (Å²) in [5.41, 5.74) is 16.0. The summed E-state index contributed by atoms with van der Waals surface area (Å²) in [6.45, 7) is 9.17. The first-order valence-electron chi connectivity index (χ1n) is 19.3. The lowest BCUT2D eigenvalue weighted by Crippen LogP contribution is -2.25. The third-order valence-corrected chi connectivity index (χ3v) is 10.6. The molecule has 0 spiro atoms. The van der Waals surface area contributed by atoms with Crippen LogP contribution in [0.3, 0.4) is 0 Å². The van der Waals surface area contributed by atoms with Gasteiger partial charge in [0.25, 0.3) is 0 Å². The average molecular weight is 749 g/mol. The Bertz CT molecular complexity index is 2480. The number of esters is 2. The quantitative estimate of drug-likeness (QED) is 0.0790. The highest BCUT2D eigenvalue weighted by molar-refractivity contribution is 5.84. The summed E-state index contributed by atoms with van der Waals surface area (Å²) in [5.74, 6) is 0.299. The molecule has 0 fully saturated rings. The van der Waals surface area contributed by atoms with Gasteiger partial charge in [-0.1, -0.05) is 78.4 Å². The van der Waals surface area contributed by atoms with Crippen LogP contribution in [0, 0.1) is 13.8 Å². The van der Waals surface area contributed by atoms with Gasteiger partial charge in [0, 0.05) is 47.1 Å². The molecule has 8 rings (SSSR count). The van der Waals surface area contributed by atoms with Gasteiger partial charge in [-0.2, -0.15) is 0 Å². The topological polar surface area (TPSA) is 59.1 Å². The molecular weight excluding hydrogens is 705 g/mol. The van der Waals surface area contributed by atoms with Crippen molar-refractivity contribution in [2.75, 3.05) is 9.80 Å². The number of nitrogens with zero attached hydrogens (tertiary/aromatic N) is 2. The van der Waals surface area contributed by atoms with E-state index >= 15 is 0 Å². The Labute approximate surface area is 334 Å². The van der Waals surface area contributed by atoms with Gasteiger partial charge in [0.15, 0.2) is 0 Å². The van der Waals surface area contributed by atoms with Gasteiger partial charge in [0.05, 0.1) is 0 Å². The van der Waals surface area contributed by atoms with Gasteiger partial charge in [-0.05, 0) is 158 Å². The largest absolute Gasteiger partial charge is 0.427 e. The first-order chi connectivity index (χ1) is 27.7. The molecule has 0 N–H and O–H groups in total. The minimum Gasteiger partial charge on any atom is -0.427 e.